The summed E-state index contributed by atoms with van der Waals surface area (Å²) in [4.78, 5) is 11.3. The average Bonchev–Trinajstić information content (AvgIpc) is 3.18. The lowest BCUT2D eigenvalue weighted by Crippen LogP contribution is -2.09. The number of nitrogens with zero attached hydrogens (tertiary/aromatic N) is 3. The lowest BCUT2D eigenvalue weighted by atomic mass is 10.0. The Kier molecular flexibility index (Phi) is 3.82. The van der Waals surface area contributed by atoms with Crippen molar-refractivity contribution in [3.63, 3.8) is 0 Å². The standard InChI is InChI=1S/C18H19N5OS/c1-10-3-4-14(25-10)12-9-13-15(11-5-7-23(2)16(11)12)17(20-6-8-24)22-18(19)21-13/h3-5,7,9,24H,6,8H2,1-2H3,(H3,19,20,21,22). The molecular weight excluding hydrogens is 334 g/mol. The Bertz CT molecular complexity index is 1080. The lowest BCUT2D eigenvalue weighted by Gasteiger charge is -2.12. The fourth-order valence-electron chi connectivity index (χ4n) is 3.21. The van der Waals surface area contributed by atoms with Gasteiger partial charge in [0, 0.05) is 40.5 Å². The second-order valence-electron chi connectivity index (χ2n) is 6.00. The molecule has 3 aromatic heterocycles. The SMILES string of the molecule is Cc1ccc(-c2cc3nc(N)nc(NCCO)c3c3ccn(C)c23)s1. The highest BCUT2D eigenvalue weighted by Crippen LogP contribution is 2.39. The van der Waals surface area contributed by atoms with E-state index in [0.717, 1.165) is 27.4 Å². The van der Waals surface area contributed by atoms with Gasteiger partial charge in [0.05, 0.1) is 23.0 Å². The van der Waals surface area contributed by atoms with Crippen LogP contribution < -0.4 is 11.1 Å². The summed E-state index contributed by atoms with van der Waals surface area (Å²) in [5, 5.41) is 14.3. The van der Waals surface area contributed by atoms with E-state index in [0.29, 0.717) is 12.4 Å². The molecule has 0 saturated carbocycles. The van der Waals surface area contributed by atoms with Crippen LogP contribution in [0.15, 0.2) is 30.5 Å². The van der Waals surface area contributed by atoms with Crippen molar-refractivity contribution in [3.8, 4) is 10.4 Å². The fourth-order valence-corrected chi connectivity index (χ4v) is 4.09. The van der Waals surface area contributed by atoms with Gasteiger partial charge >= 0.3 is 0 Å². The van der Waals surface area contributed by atoms with Crippen LogP contribution in [0.2, 0.25) is 0 Å². The summed E-state index contributed by atoms with van der Waals surface area (Å²) in [5.41, 5.74) is 8.98. The van der Waals surface area contributed by atoms with E-state index in [1.165, 1.54) is 9.75 Å². The molecule has 0 atom stereocenters. The first-order valence-corrected chi connectivity index (χ1v) is 8.87. The number of aryl methyl sites for hydroxylation is 2. The summed E-state index contributed by atoms with van der Waals surface area (Å²) in [7, 11) is 2.04. The Morgan fingerprint density at radius 3 is 2.84 bits per heavy atom. The first-order valence-electron chi connectivity index (χ1n) is 8.05. The van der Waals surface area contributed by atoms with Crippen LogP contribution in [0.1, 0.15) is 4.88 Å². The highest BCUT2D eigenvalue weighted by Gasteiger charge is 2.17. The molecule has 0 aliphatic heterocycles. The van der Waals surface area contributed by atoms with Crippen molar-refractivity contribution in [2.24, 2.45) is 7.05 Å². The minimum absolute atomic E-state index is 0.0237. The normalized spacial score (nSPS) is 11.5. The fraction of sp³-hybridized carbons (Fsp3) is 0.222. The van der Waals surface area contributed by atoms with Crippen LogP contribution in [0.5, 0.6) is 0 Å². The molecule has 4 aromatic rings. The molecule has 128 valence electrons. The van der Waals surface area contributed by atoms with Gasteiger partial charge in [0.25, 0.3) is 0 Å². The smallest absolute Gasteiger partial charge is 0.222 e. The first kappa shape index (κ1) is 15.9. The molecular formula is C18H19N5OS. The molecule has 0 spiro atoms. The molecule has 0 saturated heterocycles. The van der Waals surface area contributed by atoms with Crippen molar-refractivity contribution in [2.75, 3.05) is 24.2 Å². The first-order chi connectivity index (χ1) is 12.1. The largest absolute Gasteiger partial charge is 0.395 e. The van der Waals surface area contributed by atoms with Gasteiger partial charge in [-0.3, -0.25) is 0 Å². The van der Waals surface area contributed by atoms with Gasteiger partial charge in [0.1, 0.15) is 5.82 Å². The number of aliphatic hydroxyl groups is 1. The van der Waals surface area contributed by atoms with E-state index in [1.54, 1.807) is 11.3 Å². The summed E-state index contributed by atoms with van der Waals surface area (Å²) < 4.78 is 2.12. The van der Waals surface area contributed by atoms with Crippen LogP contribution in [0.25, 0.3) is 32.2 Å². The van der Waals surface area contributed by atoms with Crippen molar-refractivity contribution in [1.82, 2.24) is 14.5 Å². The third-order valence-corrected chi connectivity index (χ3v) is 5.28. The molecule has 1 aromatic carbocycles. The zero-order valence-corrected chi connectivity index (χ0v) is 14.9. The van der Waals surface area contributed by atoms with Crippen molar-refractivity contribution in [2.45, 2.75) is 6.92 Å². The zero-order valence-electron chi connectivity index (χ0n) is 14.1. The van der Waals surface area contributed by atoms with Crippen LogP contribution in [0, 0.1) is 6.92 Å². The number of aromatic nitrogens is 3. The molecule has 0 amide bonds. The van der Waals surface area contributed by atoms with Gasteiger partial charge in [-0.1, -0.05) is 0 Å². The number of rotatable bonds is 4. The molecule has 3 heterocycles. The predicted octanol–water partition coefficient (Wildman–Crippen LogP) is 3.14. The van der Waals surface area contributed by atoms with Gasteiger partial charge < -0.3 is 20.7 Å². The number of nitrogens with one attached hydrogen (secondary N) is 1. The monoisotopic (exact) mass is 353 g/mol. The highest BCUT2D eigenvalue weighted by molar-refractivity contribution is 7.15. The van der Waals surface area contributed by atoms with Crippen molar-refractivity contribution >= 4 is 44.9 Å². The maximum absolute atomic E-state index is 9.14. The number of nitrogens with two attached hydrogens (primary N) is 1. The molecule has 0 fully saturated rings. The number of aliphatic hydroxyl groups excluding tert-OH is 1. The Labute approximate surface area is 148 Å². The van der Waals surface area contributed by atoms with Gasteiger partial charge in [0.15, 0.2) is 0 Å². The van der Waals surface area contributed by atoms with Crippen molar-refractivity contribution in [1.29, 1.82) is 0 Å². The van der Waals surface area contributed by atoms with E-state index < -0.39 is 0 Å². The van der Waals surface area contributed by atoms with E-state index >= 15 is 0 Å². The van der Waals surface area contributed by atoms with E-state index in [9.17, 15) is 0 Å². The Morgan fingerprint density at radius 1 is 1.28 bits per heavy atom. The van der Waals surface area contributed by atoms with Gasteiger partial charge in [-0.15, -0.1) is 11.3 Å². The van der Waals surface area contributed by atoms with Gasteiger partial charge in [-0.25, -0.2) is 4.98 Å². The summed E-state index contributed by atoms with van der Waals surface area (Å²) in [6.07, 6.45) is 2.04. The highest BCUT2D eigenvalue weighted by atomic mass is 32.1. The zero-order chi connectivity index (χ0) is 17.6. The van der Waals surface area contributed by atoms with E-state index in [2.05, 4.69) is 51.0 Å². The topological polar surface area (TPSA) is 89.0 Å². The molecule has 0 aliphatic rings. The summed E-state index contributed by atoms with van der Waals surface area (Å²) >= 11 is 1.76. The van der Waals surface area contributed by atoms with Gasteiger partial charge in [-0.05, 0) is 31.2 Å². The molecule has 0 radical (unpaired) electrons. The van der Waals surface area contributed by atoms with Crippen molar-refractivity contribution in [3.05, 3.63) is 35.3 Å². The third-order valence-electron chi connectivity index (χ3n) is 4.24. The van der Waals surface area contributed by atoms with Gasteiger partial charge in [-0.2, -0.15) is 4.98 Å². The molecule has 0 bridgehead atoms. The molecule has 7 heteroatoms. The number of hydrogen-bond acceptors (Lipinski definition) is 6. The van der Waals surface area contributed by atoms with Crippen LogP contribution in [-0.2, 0) is 7.05 Å². The second kappa shape index (κ2) is 6.02. The second-order valence-corrected chi connectivity index (χ2v) is 7.29. The van der Waals surface area contributed by atoms with Crippen LogP contribution >= 0.6 is 11.3 Å². The van der Waals surface area contributed by atoms with Crippen LogP contribution in [-0.4, -0.2) is 32.8 Å². The maximum Gasteiger partial charge on any atom is 0.222 e. The number of fused-ring (bicyclic) bond motifs is 3. The van der Waals surface area contributed by atoms with Crippen LogP contribution in [0.3, 0.4) is 0 Å². The van der Waals surface area contributed by atoms with E-state index in [4.69, 9.17) is 10.8 Å². The Hall–Kier alpha value is -2.64. The van der Waals surface area contributed by atoms with Crippen molar-refractivity contribution < 1.29 is 5.11 Å². The Balaban J connectivity index is 2.09. The van der Waals surface area contributed by atoms with Gasteiger partial charge in [0.2, 0.25) is 5.95 Å². The summed E-state index contributed by atoms with van der Waals surface area (Å²) in [6, 6.07) is 8.42. The number of benzene rings is 1. The number of hydrogen-bond donors (Lipinski definition) is 3. The van der Waals surface area contributed by atoms with E-state index in [-0.39, 0.29) is 12.6 Å². The predicted molar refractivity (Wildman–Crippen MR) is 104 cm³/mol. The lowest BCUT2D eigenvalue weighted by molar-refractivity contribution is 0.311. The summed E-state index contributed by atoms with van der Waals surface area (Å²) in [5.74, 6) is 0.873. The molecule has 4 rings (SSSR count). The molecule has 4 N–H and O–H groups in total. The summed E-state index contributed by atoms with van der Waals surface area (Å²) in [6.45, 7) is 2.54. The number of nitrogen functional groups attached to an aromatic ring is 1. The third kappa shape index (κ3) is 2.61. The molecule has 6 nitrogen and oxygen atoms in total. The average molecular weight is 353 g/mol. The van der Waals surface area contributed by atoms with Crippen LogP contribution in [0.4, 0.5) is 11.8 Å². The number of thiophene rings is 1. The maximum atomic E-state index is 9.14. The molecule has 0 aliphatic carbocycles. The minimum atomic E-state index is 0.0237. The van der Waals surface area contributed by atoms with E-state index in [1.807, 2.05) is 13.2 Å². The quantitative estimate of drug-likeness (QED) is 0.524. The minimum Gasteiger partial charge on any atom is -0.395 e. The molecule has 0 unspecified atom stereocenters. The molecule has 25 heavy (non-hydrogen) atoms. The number of anilines is 2. The Morgan fingerprint density at radius 2 is 2.12 bits per heavy atom.